The molecule has 19 heavy (non-hydrogen) atoms. The van der Waals surface area contributed by atoms with E-state index in [4.69, 9.17) is 10.5 Å². The zero-order chi connectivity index (χ0) is 13.0. The molecular weight excluding hydrogens is 264 g/mol. The Balaban J connectivity index is 0.00000180. The number of hydrogen-bond acceptors (Lipinski definition) is 3. The lowest BCUT2D eigenvalue weighted by Crippen LogP contribution is -2.53. The van der Waals surface area contributed by atoms with Crippen molar-refractivity contribution in [3.8, 4) is 0 Å². The number of amides is 1. The van der Waals surface area contributed by atoms with Gasteiger partial charge in [0.15, 0.2) is 0 Å². The van der Waals surface area contributed by atoms with Gasteiger partial charge in [0.1, 0.15) is 0 Å². The summed E-state index contributed by atoms with van der Waals surface area (Å²) in [6.07, 6.45) is 7.58. The minimum atomic E-state index is -0.190. The second-order valence-electron chi connectivity index (χ2n) is 5.97. The van der Waals surface area contributed by atoms with E-state index in [0.717, 1.165) is 25.9 Å². The first-order chi connectivity index (χ1) is 8.64. The Morgan fingerprint density at radius 1 is 1.37 bits per heavy atom. The lowest BCUT2D eigenvalue weighted by Gasteiger charge is -2.30. The maximum atomic E-state index is 12.0. The van der Waals surface area contributed by atoms with Gasteiger partial charge in [-0.2, -0.15) is 0 Å². The van der Waals surface area contributed by atoms with E-state index < -0.39 is 0 Å². The number of nitrogens with one attached hydrogen (secondary N) is 1. The Kier molecular flexibility index (Phi) is 6.57. The second kappa shape index (κ2) is 7.46. The van der Waals surface area contributed by atoms with Gasteiger partial charge < -0.3 is 15.8 Å². The first-order valence-corrected chi connectivity index (χ1v) is 7.27. The number of hydrogen-bond donors (Lipinski definition) is 2. The fraction of sp³-hybridized carbons (Fsp3) is 0.929. The van der Waals surface area contributed by atoms with Gasteiger partial charge in [-0.15, -0.1) is 12.4 Å². The molecule has 1 saturated carbocycles. The molecule has 0 aromatic heterocycles. The second-order valence-corrected chi connectivity index (χ2v) is 5.97. The first kappa shape index (κ1) is 16.7. The molecule has 0 bridgehead atoms. The number of carbonyl (C=O) groups is 1. The van der Waals surface area contributed by atoms with Crippen molar-refractivity contribution in [3.05, 3.63) is 0 Å². The van der Waals surface area contributed by atoms with Crippen LogP contribution >= 0.6 is 12.4 Å². The molecule has 4 nitrogen and oxygen atoms in total. The van der Waals surface area contributed by atoms with E-state index in [-0.39, 0.29) is 30.0 Å². The van der Waals surface area contributed by atoms with Gasteiger partial charge in [0.25, 0.3) is 0 Å². The number of ether oxygens (including phenoxy) is 1. The highest BCUT2D eigenvalue weighted by Crippen LogP contribution is 2.39. The minimum Gasteiger partial charge on any atom is -0.378 e. The average molecular weight is 291 g/mol. The monoisotopic (exact) mass is 290 g/mol. The van der Waals surface area contributed by atoms with Crippen molar-refractivity contribution >= 4 is 18.3 Å². The maximum absolute atomic E-state index is 12.0. The van der Waals surface area contributed by atoms with Crippen LogP contribution in [0.25, 0.3) is 0 Å². The van der Waals surface area contributed by atoms with Crippen LogP contribution < -0.4 is 11.1 Å². The molecular formula is C14H27ClN2O2. The molecule has 0 spiro atoms. The van der Waals surface area contributed by atoms with E-state index in [1.165, 1.54) is 19.3 Å². The fourth-order valence-corrected chi connectivity index (χ4v) is 2.75. The Labute approximate surface area is 122 Å². The van der Waals surface area contributed by atoms with Crippen LogP contribution in [0.5, 0.6) is 0 Å². The SMILES string of the molecule is CC(CN)(NC(=O)CCC1CCCCO1)C1CC1.Cl. The molecule has 1 aliphatic carbocycles. The van der Waals surface area contributed by atoms with Crippen LogP contribution in [-0.2, 0) is 9.53 Å². The molecule has 1 aliphatic heterocycles. The molecule has 2 aliphatic rings. The fourth-order valence-electron chi connectivity index (χ4n) is 2.75. The molecule has 0 radical (unpaired) electrons. The summed E-state index contributed by atoms with van der Waals surface area (Å²) in [4.78, 5) is 12.0. The Hall–Kier alpha value is -0.320. The van der Waals surface area contributed by atoms with Gasteiger partial charge in [-0.3, -0.25) is 4.79 Å². The van der Waals surface area contributed by atoms with Crippen molar-refractivity contribution in [3.63, 3.8) is 0 Å². The third-order valence-electron chi connectivity index (χ3n) is 4.29. The van der Waals surface area contributed by atoms with Crippen LogP contribution in [0.2, 0.25) is 0 Å². The summed E-state index contributed by atoms with van der Waals surface area (Å²) < 4.78 is 5.64. The summed E-state index contributed by atoms with van der Waals surface area (Å²) in [5, 5.41) is 3.13. The quantitative estimate of drug-likeness (QED) is 0.786. The minimum absolute atomic E-state index is 0. The van der Waals surface area contributed by atoms with E-state index in [1.807, 2.05) is 0 Å². The smallest absolute Gasteiger partial charge is 0.220 e. The highest BCUT2D eigenvalue weighted by atomic mass is 35.5. The summed E-state index contributed by atoms with van der Waals surface area (Å²) in [7, 11) is 0. The summed E-state index contributed by atoms with van der Waals surface area (Å²) in [5.74, 6) is 0.710. The average Bonchev–Trinajstić information content (AvgIpc) is 3.22. The molecule has 0 aromatic rings. The molecule has 1 heterocycles. The van der Waals surface area contributed by atoms with Crippen LogP contribution in [0, 0.1) is 5.92 Å². The Bertz CT molecular complexity index is 291. The highest BCUT2D eigenvalue weighted by molar-refractivity contribution is 5.85. The summed E-state index contributed by atoms with van der Waals surface area (Å²) in [5.41, 5.74) is 5.61. The summed E-state index contributed by atoms with van der Waals surface area (Å²) >= 11 is 0. The molecule has 0 aromatic carbocycles. The Morgan fingerprint density at radius 3 is 2.63 bits per heavy atom. The van der Waals surface area contributed by atoms with Crippen LogP contribution in [0.3, 0.4) is 0 Å². The van der Waals surface area contributed by atoms with Gasteiger partial charge in [0.2, 0.25) is 5.91 Å². The van der Waals surface area contributed by atoms with Crippen LogP contribution in [0.4, 0.5) is 0 Å². The zero-order valence-electron chi connectivity index (χ0n) is 11.8. The standard InChI is InChI=1S/C14H26N2O2.ClH/c1-14(10-15,11-5-6-11)16-13(17)8-7-12-4-2-3-9-18-12;/h11-12H,2-10,15H2,1H3,(H,16,17);1H. The molecule has 3 N–H and O–H groups in total. The molecule has 5 heteroatoms. The molecule has 1 amide bonds. The maximum Gasteiger partial charge on any atom is 0.220 e. The normalized spacial score (nSPS) is 26.1. The van der Waals surface area contributed by atoms with E-state index in [1.54, 1.807) is 0 Å². The largest absolute Gasteiger partial charge is 0.378 e. The summed E-state index contributed by atoms with van der Waals surface area (Å²) in [6, 6.07) is 0. The van der Waals surface area contributed by atoms with Crippen molar-refractivity contribution in [2.75, 3.05) is 13.2 Å². The van der Waals surface area contributed by atoms with E-state index in [2.05, 4.69) is 12.2 Å². The van der Waals surface area contributed by atoms with E-state index in [0.29, 0.717) is 18.9 Å². The predicted octanol–water partition coefficient (Wildman–Crippen LogP) is 2.00. The van der Waals surface area contributed by atoms with Crippen molar-refractivity contribution < 1.29 is 9.53 Å². The molecule has 2 atom stereocenters. The van der Waals surface area contributed by atoms with Gasteiger partial charge in [0.05, 0.1) is 11.6 Å². The number of carbonyl (C=O) groups excluding carboxylic acids is 1. The molecule has 112 valence electrons. The van der Waals surface area contributed by atoms with Crippen LogP contribution in [0.15, 0.2) is 0 Å². The Morgan fingerprint density at radius 2 is 2.11 bits per heavy atom. The van der Waals surface area contributed by atoms with Gasteiger partial charge in [-0.05, 0) is 51.4 Å². The molecule has 2 rings (SSSR count). The lowest BCUT2D eigenvalue weighted by molar-refractivity contribution is -0.124. The van der Waals surface area contributed by atoms with E-state index >= 15 is 0 Å². The number of halogens is 1. The van der Waals surface area contributed by atoms with E-state index in [9.17, 15) is 4.79 Å². The van der Waals surface area contributed by atoms with Gasteiger partial charge in [-0.1, -0.05) is 0 Å². The van der Waals surface area contributed by atoms with Crippen LogP contribution in [-0.4, -0.2) is 30.7 Å². The zero-order valence-corrected chi connectivity index (χ0v) is 12.6. The third kappa shape index (κ3) is 4.93. The van der Waals surface area contributed by atoms with Gasteiger partial charge >= 0.3 is 0 Å². The van der Waals surface area contributed by atoms with Crippen molar-refractivity contribution in [2.45, 2.75) is 63.5 Å². The van der Waals surface area contributed by atoms with Gasteiger partial charge in [-0.25, -0.2) is 0 Å². The topological polar surface area (TPSA) is 64.3 Å². The van der Waals surface area contributed by atoms with Gasteiger partial charge in [0, 0.05) is 19.6 Å². The lowest BCUT2D eigenvalue weighted by atomic mass is 9.95. The molecule has 2 unspecified atom stereocenters. The molecule has 2 fully saturated rings. The van der Waals surface area contributed by atoms with Crippen LogP contribution in [0.1, 0.15) is 51.9 Å². The third-order valence-corrected chi connectivity index (χ3v) is 4.29. The number of nitrogens with two attached hydrogens (primary N) is 1. The van der Waals surface area contributed by atoms with Crippen molar-refractivity contribution in [2.24, 2.45) is 11.7 Å². The van der Waals surface area contributed by atoms with Crippen molar-refractivity contribution in [1.82, 2.24) is 5.32 Å². The molecule has 1 saturated heterocycles. The van der Waals surface area contributed by atoms with Crippen molar-refractivity contribution in [1.29, 1.82) is 0 Å². The number of rotatable bonds is 6. The predicted molar refractivity (Wildman–Crippen MR) is 78.4 cm³/mol. The highest BCUT2D eigenvalue weighted by Gasteiger charge is 2.41. The first-order valence-electron chi connectivity index (χ1n) is 7.27. The summed E-state index contributed by atoms with van der Waals surface area (Å²) in [6.45, 7) is 3.46.